The molecule has 0 fully saturated rings. The predicted octanol–water partition coefficient (Wildman–Crippen LogP) is 3.39. The van der Waals surface area contributed by atoms with Crippen LogP contribution in [0.1, 0.15) is 41.7 Å². The van der Waals surface area contributed by atoms with Gasteiger partial charge in [0.1, 0.15) is 0 Å². The number of hydrogen-bond acceptors (Lipinski definition) is 2. The Kier molecular flexibility index (Phi) is 4.94. The number of nitrogens with one attached hydrogen (secondary N) is 1. The third kappa shape index (κ3) is 3.12. The minimum atomic E-state index is 0.115. The molecule has 0 unspecified atom stereocenters. The summed E-state index contributed by atoms with van der Waals surface area (Å²) >= 11 is 0. The maximum Gasteiger partial charge on any atom is 0.0961 e. The van der Waals surface area contributed by atoms with Crippen LogP contribution in [0.2, 0.25) is 0 Å². The van der Waals surface area contributed by atoms with Gasteiger partial charge in [-0.3, -0.25) is 5.32 Å². The fourth-order valence-corrected chi connectivity index (χ4v) is 2.79. The number of benzene rings is 1. The number of aryl methyl sites for hydroxylation is 2. The van der Waals surface area contributed by atoms with Crippen molar-refractivity contribution in [2.24, 2.45) is 0 Å². The Labute approximate surface area is 112 Å². The molecule has 102 valence electrons. The van der Waals surface area contributed by atoms with Crippen molar-refractivity contribution in [1.82, 2.24) is 5.32 Å². The molecule has 0 saturated heterocycles. The number of ether oxygens (including phenoxy) is 1. The van der Waals surface area contributed by atoms with E-state index in [-0.39, 0.29) is 5.41 Å². The highest BCUT2D eigenvalue weighted by Crippen LogP contribution is 2.32. The van der Waals surface area contributed by atoms with Crippen molar-refractivity contribution in [2.45, 2.75) is 47.0 Å². The van der Waals surface area contributed by atoms with Crippen molar-refractivity contribution in [3.8, 4) is 0 Å². The van der Waals surface area contributed by atoms with E-state index in [1.807, 2.05) is 0 Å². The van der Waals surface area contributed by atoms with Crippen LogP contribution in [0.15, 0.2) is 6.07 Å². The normalized spacial score (nSPS) is 11.9. The van der Waals surface area contributed by atoms with Crippen molar-refractivity contribution >= 4 is 0 Å². The lowest BCUT2D eigenvalue weighted by atomic mass is 9.77. The highest BCUT2D eigenvalue weighted by Gasteiger charge is 2.25. The Balaban J connectivity index is 3.14. The van der Waals surface area contributed by atoms with Crippen LogP contribution in [0.3, 0.4) is 0 Å². The van der Waals surface area contributed by atoms with E-state index in [1.165, 1.54) is 27.8 Å². The van der Waals surface area contributed by atoms with E-state index >= 15 is 0 Å². The number of rotatable bonds is 5. The SMILES string of the molecule is COCNCC(C)(C)c1c(C)c(C)cc(C)c1C. The van der Waals surface area contributed by atoms with E-state index < -0.39 is 0 Å². The van der Waals surface area contributed by atoms with Crippen LogP contribution in [0.4, 0.5) is 0 Å². The molecule has 18 heavy (non-hydrogen) atoms. The van der Waals surface area contributed by atoms with Crippen LogP contribution in [0.25, 0.3) is 0 Å². The van der Waals surface area contributed by atoms with Gasteiger partial charge in [-0.05, 0) is 55.5 Å². The number of hydrogen-bond donors (Lipinski definition) is 1. The van der Waals surface area contributed by atoms with Crippen LogP contribution in [-0.4, -0.2) is 20.4 Å². The second-order valence-corrected chi connectivity index (χ2v) is 5.88. The topological polar surface area (TPSA) is 21.3 Å². The Morgan fingerprint density at radius 1 is 1.06 bits per heavy atom. The first-order chi connectivity index (χ1) is 8.31. The highest BCUT2D eigenvalue weighted by atomic mass is 16.5. The third-order valence-corrected chi connectivity index (χ3v) is 3.86. The molecule has 2 nitrogen and oxygen atoms in total. The molecule has 0 aliphatic heterocycles. The van der Waals surface area contributed by atoms with E-state index in [0.717, 1.165) is 6.54 Å². The lowest BCUT2D eigenvalue weighted by Gasteiger charge is -2.31. The zero-order valence-corrected chi connectivity index (χ0v) is 12.9. The molecule has 0 atom stereocenters. The average Bonchev–Trinajstić information content (AvgIpc) is 2.26. The van der Waals surface area contributed by atoms with Crippen LogP contribution in [0, 0.1) is 27.7 Å². The maximum atomic E-state index is 5.07. The van der Waals surface area contributed by atoms with Gasteiger partial charge in [-0.25, -0.2) is 0 Å². The molecule has 0 aliphatic rings. The molecule has 0 spiro atoms. The van der Waals surface area contributed by atoms with E-state index in [4.69, 9.17) is 4.74 Å². The molecule has 1 aromatic carbocycles. The summed E-state index contributed by atoms with van der Waals surface area (Å²) in [5.74, 6) is 0. The summed E-state index contributed by atoms with van der Waals surface area (Å²) < 4.78 is 5.07. The van der Waals surface area contributed by atoms with Crippen LogP contribution in [0.5, 0.6) is 0 Å². The van der Waals surface area contributed by atoms with E-state index in [1.54, 1.807) is 7.11 Å². The molecule has 2 heteroatoms. The quantitative estimate of drug-likeness (QED) is 0.638. The average molecular weight is 249 g/mol. The zero-order valence-electron chi connectivity index (χ0n) is 12.9. The molecular weight excluding hydrogens is 222 g/mol. The van der Waals surface area contributed by atoms with E-state index in [9.17, 15) is 0 Å². The molecule has 1 N–H and O–H groups in total. The van der Waals surface area contributed by atoms with E-state index in [2.05, 4.69) is 52.9 Å². The predicted molar refractivity (Wildman–Crippen MR) is 78.3 cm³/mol. The highest BCUT2D eigenvalue weighted by molar-refractivity contribution is 5.47. The third-order valence-electron chi connectivity index (χ3n) is 3.86. The first-order valence-electron chi connectivity index (χ1n) is 6.58. The first-order valence-corrected chi connectivity index (χ1v) is 6.58. The Bertz CT molecular complexity index is 395. The summed E-state index contributed by atoms with van der Waals surface area (Å²) in [6.07, 6.45) is 0. The minimum absolute atomic E-state index is 0.115. The molecule has 0 bridgehead atoms. The fourth-order valence-electron chi connectivity index (χ4n) is 2.79. The molecule has 1 rings (SSSR count). The van der Waals surface area contributed by atoms with Crippen LogP contribution < -0.4 is 5.32 Å². The lowest BCUT2D eigenvalue weighted by Crippen LogP contribution is -2.35. The van der Waals surface area contributed by atoms with Crippen molar-refractivity contribution in [1.29, 1.82) is 0 Å². The largest absolute Gasteiger partial charge is 0.370 e. The molecule has 0 amide bonds. The van der Waals surface area contributed by atoms with Gasteiger partial charge in [-0.2, -0.15) is 0 Å². The second kappa shape index (κ2) is 5.85. The van der Waals surface area contributed by atoms with Gasteiger partial charge in [0.05, 0.1) is 6.73 Å². The summed E-state index contributed by atoms with van der Waals surface area (Å²) in [4.78, 5) is 0. The van der Waals surface area contributed by atoms with Gasteiger partial charge >= 0.3 is 0 Å². The van der Waals surface area contributed by atoms with Gasteiger partial charge in [-0.15, -0.1) is 0 Å². The lowest BCUT2D eigenvalue weighted by molar-refractivity contribution is 0.169. The molecule has 0 saturated carbocycles. The molecular formula is C16H27NO. The molecule has 1 aromatic rings. The van der Waals surface area contributed by atoms with Crippen LogP contribution >= 0.6 is 0 Å². The van der Waals surface area contributed by atoms with Gasteiger partial charge in [0.15, 0.2) is 0 Å². The second-order valence-electron chi connectivity index (χ2n) is 5.88. The van der Waals surface area contributed by atoms with Gasteiger partial charge in [0, 0.05) is 19.1 Å². The van der Waals surface area contributed by atoms with Gasteiger partial charge in [0.25, 0.3) is 0 Å². The summed E-state index contributed by atoms with van der Waals surface area (Å²) in [5, 5.41) is 3.34. The van der Waals surface area contributed by atoms with Crippen molar-refractivity contribution in [2.75, 3.05) is 20.4 Å². The standard InChI is InChI=1S/C16H27NO/c1-11-8-12(2)14(4)15(13(11)3)16(5,6)9-17-10-18-7/h8,17H,9-10H2,1-7H3. The molecule has 0 aliphatic carbocycles. The monoisotopic (exact) mass is 249 g/mol. The smallest absolute Gasteiger partial charge is 0.0961 e. The Morgan fingerprint density at radius 2 is 1.56 bits per heavy atom. The van der Waals surface area contributed by atoms with Gasteiger partial charge in [-0.1, -0.05) is 19.9 Å². The van der Waals surface area contributed by atoms with Crippen LogP contribution in [-0.2, 0) is 10.2 Å². The maximum absolute atomic E-state index is 5.07. The van der Waals surface area contributed by atoms with Gasteiger partial charge < -0.3 is 4.74 Å². The van der Waals surface area contributed by atoms with Crippen molar-refractivity contribution in [3.63, 3.8) is 0 Å². The van der Waals surface area contributed by atoms with Gasteiger partial charge in [0.2, 0.25) is 0 Å². The Morgan fingerprint density at radius 3 is 2.00 bits per heavy atom. The fraction of sp³-hybridized carbons (Fsp3) is 0.625. The first kappa shape index (κ1) is 15.2. The van der Waals surface area contributed by atoms with Crippen molar-refractivity contribution < 1.29 is 4.74 Å². The molecule has 0 aromatic heterocycles. The summed E-state index contributed by atoms with van der Waals surface area (Å²) in [6, 6.07) is 2.28. The van der Waals surface area contributed by atoms with E-state index in [0.29, 0.717) is 6.73 Å². The summed E-state index contributed by atoms with van der Waals surface area (Å²) in [7, 11) is 1.72. The molecule has 0 radical (unpaired) electrons. The zero-order chi connectivity index (χ0) is 13.9. The Hall–Kier alpha value is -0.860. The minimum Gasteiger partial charge on any atom is -0.370 e. The summed E-state index contributed by atoms with van der Waals surface area (Å²) in [6.45, 7) is 15.0. The summed E-state index contributed by atoms with van der Waals surface area (Å²) in [5.41, 5.74) is 7.19. The number of methoxy groups -OCH3 is 1. The van der Waals surface area contributed by atoms with Crippen molar-refractivity contribution in [3.05, 3.63) is 33.9 Å². The molecule has 0 heterocycles.